The molecule has 0 radical (unpaired) electrons. The van der Waals surface area contributed by atoms with E-state index in [0.29, 0.717) is 17.8 Å². The highest BCUT2D eigenvalue weighted by Crippen LogP contribution is 2.16. The fraction of sp³-hybridized carbons (Fsp3) is 0.200. The summed E-state index contributed by atoms with van der Waals surface area (Å²) in [5, 5.41) is 3.83. The van der Waals surface area contributed by atoms with Crippen molar-refractivity contribution in [3.05, 3.63) is 70.5 Å². The Morgan fingerprint density at radius 1 is 1.12 bits per heavy atom. The van der Waals surface area contributed by atoms with Gasteiger partial charge in [0.2, 0.25) is 5.91 Å². The zero-order chi connectivity index (χ0) is 17.8. The summed E-state index contributed by atoms with van der Waals surface area (Å²) in [6, 6.07) is 16.7. The van der Waals surface area contributed by atoms with Gasteiger partial charge in [-0.1, -0.05) is 18.2 Å². The van der Waals surface area contributed by atoms with Crippen LogP contribution in [0, 0.1) is 6.92 Å². The number of ether oxygens (including phenoxy) is 1. The molecule has 0 aliphatic carbocycles. The molecule has 1 aromatic heterocycles. The summed E-state index contributed by atoms with van der Waals surface area (Å²) in [6.45, 7) is 2.13. The number of benzene rings is 2. The molecule has 128 valence electrons. The quantitative estimate of drug-likeness (QED) is 0.777. The van der Waals surface area contributed by atoms with Gasteiger partial charge in [0.25, 0.3) is 5.56 Å². The number of nitrogens with one attached hydrogen (secondary N) is 1. The molecule has 5 heteroatoms. The number of hydrogen-bond donors (Lipinski definition) is 1. The summed E-state index contributed by atoms with van der Waals surface area (Å²) >= 11 is 0. The molecule has 1 amide bonds. The molecule has 0 aliphatic rings. The molecule has 0 aliphatic heterocycles. The van der Waals surface area contributed by atoms with E-state index >= 15 is 0 Å². The highest BCUT2D eigenvalue weighted by atomic mass is 16.5. The van der Waals surface area contributed by atoms with Gasteiger partial charge in [-0.3, -0.25) is 9.59 Å². The summed E-state index contributed by atoms with van der Waals surface area (Å²) < 4.78 is 6.76. The maximum atomic E-state index is 12.4. The third kappa shape index (κ3) is 3.71. The molecule has 2 aromatic carbocycles. The number of para-hydroxylation sites is 1. The highest BCUT2D eigenvalue weighted by Gasteiger charge is 2.09. The number of pyridine rings is 1. The van der Waals surface area contributed by atoms with Crippen molar-refractivity contribution in [1.82, 2.24) is 4.57 Å². The molecule has 1 heterocycles. The van der Waals surface area contributed by atoms with Crippen LogP contribution < -0.4 is 15.6 Å². The monoisotopic (exact) mass is 336 g/mol. The predicted octanol–water partition coefficient (Wildman–Crippen LogP) is 3.35. The van der Waals surface area contributed by atoms with E-state index < -0.39 is 0 Å². The zero-order valence-electron chi connectivity index (χ0n) is 14.3. The van der Waals surface area contributed by atoms with Gasteiger partial charge < -0.3 is 14.6 Å². The molecule has 0 bridgehead atoms. The van der Waals surface area contributed by atoms with Crippen molar-refractivity contribution in [3.63, 3.8) is 0 Å². The van der Waals surface area contributed by atoms with E-state index in [1.54, 1.807) is 42.9 Å². The summed E-state index contributed by atoms with van der Waals surface area (Å²) in [5.74, 6) is 0.596. The smallest absolute Gasteiger partial charge is 0.253 e. The standard InChI is InChI=1S/C20H20N2O3/c1-14-13-15-5-3-4-6-18(15)22(20(14)24)12-11-19(23)21-16-7-9-17(25-2)10-8-16/h3-10,13H,11-12H2,1-2H3,(H,21,23). The van der Waals surface area contributed by atoms with Crippen LogP contribution in [0.3, 0.4) is 0 Å². The second kappa shape index (κ2) is 7.21. The molecule has 5 nitrogen and oxygen atoms in total. The van der Waals surface area contributed by atoms with Gasteiger partial charge in [0.15, 0.2) is 0 Å². The number of aromatic nitrogens is 1. The van der Waals surface area contributed by atoms with Crippen molar-refractivity contribution >= 4 is 22.5 Å². The van der Waals surface area contributed by atoms with Gasteiger partial charge in [0, 0.05) is 24.2 Å². The minimum atomic E-state index is -0.136. The minimum Gasteiger partial charge on any atom is -0.497 e. The lowest BCUT2D eigenvalue weighted by Crippen LogP contribution is -2.25. The van der Waals surface area contributed by atoms with Gasteiger partial charge in [-0.2, -0.15) is 0 Å². The average molecular weight is 336 g/mol. The van der Waals surface area contributed by atoms with E-state index in [0.717, 1.165) is 16.7 Å². The van der Waals surface area contributed by atoms with Gasteiger partial charge in [-0.15, -0.1) is 0 Å². The zero-order valence-corrected chi connectivity index (χ0v) is 14.3. The lowest BCUT2D eigenvalue weighted by Gasteiger charge is -2.12. The van der Waals surface area contributed by atoms with E-state index in [-0.39, 0.29) is 17.9 Å². The van der Waals surface area contributed by atoms with E-state index in [4.69, 9.17) is 4.74 Å². The number of amides is 1. The minimum absolute atomic E-state index is 0.0593. The maximum Gasteiger partial charge on any atom is 0.253 e. The first kappa shape index (κ1) is 16.8. The Balaban J connectivity index is 1.74. The molecule has 1 N–H and O–H groups in total. The fourth-order valence-electron chi connectivity index (χ4n) is 2.81. The normalized spacial score (nSPS) is 10.6. The molecular formula is C20H20N2O3. The lowest BCUT2D eigenvalue weighted by molar-refractivity contribution is -0.116. The summed E-state index contributed by atoms with van der Waals surface area (Å²) in [7, 11) is 1.59. The van der Waals surface area contributed by atoms with Crippen molar-refractivity contribution in [2.75, 3.05) is 12.4 Å². The third-order valence-corrected chi connectivity index (χ3v) is 4.12. The molecule has 0 fully saturated rings. The molecule has 0 unspecified atom stereocenters. The van der Waals surface area contributed by atoms with E-state index in [9.17, 15) is 9.59 Å². The number of nitrogens with zero attached hydrogens (tertiary/aromatic N) is 1. The van der Waals surface area contributed by atoms with E-state index in [1.807, 2.05) is 30.3 Å². The van der Waals surface area contributed by atoms with Crippen LogP contribution in [0.1, 0.15) is 12.0 Å². The van der Waals surface area contributed by atoms with Crippen molar-refractivity contribution in [1.29, 1.82) is 0 Å². The van der Waals surface area contributed by atoms with Crippen molar-refractivity contribution in [3.8, 4) is 5.75 Å². The number of hydrogen-bond acceptors (Lipinski definition) is 3. The number of carbonyl (C=O) groups excluding carboxylic acids is 1. The first-order valence-electron chi connectivity index (χ1n) is 8.11. The fourth-order valence-corrected chi connectivity index (χ4v) is 2.81. The van der Waals surface area contributed by atoms with Crippen LogP contribution in [0.25, 0.3) is 10.9 Å². The second-order valence-corrected chi connectivity index (χ2v) is 5.87. The van der Waals surface area contributed by atoms with Gasteiger partial charge in [-0.25, -0.2) is 0 Å². The molecule has 0 saturated carbocycles. The van der Waals surface area contributed by atoms with Crippen LogP contribution in [0.2, 0.25) is 0 Å². The van der Waals surface area contributed by atoms with Crippen LogP contribution in [-0.4, -0.2) is 17.6 Å². The summed E-state index contributed by atoms with van der Waals surface area (Å²) in [6.07, 6.45) is 0.222. The lowest BCUT2D eigenvalue weighted by atomic mass is 10.1. The van der Waals surface area contributed by atoms with Crippen LogP contribution in [-0.2, 0) is 11.3 Å². The van der Waals surface area contributed by atoms with Gasteiger partial charge in [0.05, 0.1) is 12.6 Å². The summed E-state index contributed by atoms with van der Waals surface area (Å²) in [5.41, 5.74) is 2.16. The number of aryl methyl sites for hydroxylation is 2. The summed E-state index contributed by atoms with van der Waals surface area (Å²) in [4.78, 5) is 24.7. The third-order valence-electron chi connectivity index (χ3n) is 4.12. The van der Waals surface area contributed by atoms with E-state index in [2.05, 4.69) is 5.32 Å². The topological polar surface area (TPSA) is 60.3 Å². The van der Waals surface area contributed by atoms with Crippen molar-refractivity contribution in [2.24, 2.45) is 0 Å². The average Bonchev–Trinajstić information content (AvgIpc) is 2.63. The van der Waals surface area contributed by atoms with Crippen LogP contribution in [0.4, 0.5) is 5.69 Å². The Labute approximate surface area is 145 Å². The van der Waals surface area contributed by atoms with Crippen LogP contribution in [0.15, 0.2) is 59.4 Å². The first-order chi connectivity index (χ1) is 12.1. The molecule has 0 saturated heterocycles. The number of rotatable bonds is 5. The number of anilines is 1. The molecular weight excluding hydrogens is 316 g/mol. The first-order valence-corrected chi connectivity index (χ1v) is 8.11. The Kier molecular flexibility index (Phi) is 4.84. The molecule has 0 spiro atoms. The van der Waals surface area contributed by atoms with Crippen molar-refractivity contribution in [2.45, 2.75) is 19.9 Å². The Morgan fingerprint density at radius 3 is 2.56 bits per heavy atom. The number of methoxy groups -OCH3 is 1. The Bertz CT molecular complexity index is 959. The van der Waals surface area contributed by atoms with Gasteiger partial charge in [-0.05, 0) is 48.7 Å². The molecule has 25 heavy (non-hydrogen) atoms. The predicted molar refractivity (Wildman–Crippen MR) is 99.2 cm³/mol. The SMILES string of the molecule is COc1ccc(NC(=O)CCn2c(=O)c(C)cc3ccccc32)cc1. The number of fused-ring (bicyclic) bond motifs is 1. The molecule has 3 aromatic rings. The van der Waals surface area contributed by atoms with Gasteiger partial charge >= 0.3 is 0 Å². The molecule has 0 atom stereocenters. The Morgan fingerprint density at radius 2 is 1.84 bits per heavy atom. The molecule has 3 rings (SSSR count). The second-order valence-electron chi connectivity index (χ2n) is 5.87. The van der Waals surface area contributed by atoms with Gasteiger partial charge in [0.1, 0.15) is 5.75 Å². The van der Waals surface area contributed by atoms with E-state index in [1.165, 1.54) is 0 Å². The van der Waals surface area contributed by atoms with Crippen LogP contribution >= 0.6 is 0 Å². The maximum absolute atomic E-state index is 12.4. The van der Waals surface area contributed by atoms with Crippen molar-refractivity contribution < 1.29 is 9.53 Å². The number of carbonyl (C=O) groups is 1. The largest absolute Gasteiger partial charge is 0.497 e. The Hall–Kier alpha value is -3.08. The highest BCUT2D eigenvalue weighted by molar-refractivity contribution is 5.90. The van der Waals surface area contributed by atoms with Crippen LogP contribution in [0.5, 0.6) is 5.75 Å².